The molecular weight excluding hydrogens is 1510 g/mol. The van der Waals surface area contributed by atoms with Gasteiger partial charge >= 0.3 is 0 Å². The molecule has 0 spiro atoms. The van der Waals surface area contributed by atoms with Crippen molar-refractivity contribution in [1.29, 1.82) is 5.26 Å². The van der Waals surface area contributed by atoms with Crippen molar-refractivity contribution >= 4 is 80.7 Å². The number of carbonyl (C=O) groups is 5. The van der Waals surface area contributed by atoms with Crippen LogP contribution >= 0.6 is 0 Å². The quantitative estimate of drug-likeness (QED) is 0.0203. The highest BCUT2D eigenvalue weighted by Crippen LogP contribution is 2.35. The SMILES string of the molecule is C.C.C.CC#N.CC(=O)NC(/C=C/c1ccccc1)c1ccccc1.CC(C)CC1NC(=O)c2ccccc2N1.COCC(C)C.NC(=O)c1ccccc1N.O=C(/C=C/c1ccccc1)c1ccccc1.O=C(CC(c1ccccc1)c1c[nH]c2ccccc12)c1ccccc1.OC(/C=C/c1ccccc1)c1ccccc1.c1ccc2[nH]ccc2c1. The number of aliphatic hydroxyl groups is 1. The molecule has 4 unspecified atom stereocenters. The maximum absolute atomic E-state index is 12.8. The number of rotatable bonds is 20. The summed E-state index contributed by atoms with van der Waals surface area (Å²) in [7, 11) is 1.72. The third kappa shape index (κ3) is 36.3. The number of anilines is 2. The minimum atomic E-state index is -0.540. The standard InChI is InChI=1S/C23H19NO.C17H17NO.C15H14O.C15H12O.C12H16N2O.C8H7N.C7H8N2O.C5H12O.C2H3N.3CH4/c25-23(18-11-5-2-6-12-18)15-20(17-9-3-1-4-10-17)21-16-24-22-14-8-7-13-19(21)22;1-14(19)18-17(16-10-6-3-7-11-16)13-12-15-8-4-2-5-9-15;2*16-15(14-9-5-2-6-10-14)12-11-13-7-3-1-4-8-13;1-8(2)7-11-13-10-6-4-3-5-9(10)12(15)14-11;1-2-4-8-7(3-1)5-6-9-8;8-6-4-2-1-3-5(6)7(9)10;1-5(2)4-6-3;1-2-3;;;/h1-14,16,20,24H,15H2;2-13,17H,1H3,(H,18,19);1-12,15-16H;1-12H;3-6,8,11,13H,7H2,1-2H3,(H,14,15);1-6,9H;1-4H,8H2,(H2,9,10);5H,4H2,1-3H3;1H3;3*1H4/b;13-12+;2*12-11+;;;;;;;;. The molecule has 1 aliphatic rings. The molecule has 3 heterocycles. The Hall–Kier alpha value is -14.3. The predicted molar refractivity (Wildman–Crippen MR) is 510 cm³/mol. The van der Waals surface area contributed by atoms with E-state index in [-0.39, 0.29) is 63.8 Å². The lowest BCUT2D eigenvalue weighted by Gasteiger charge is -2.28. The first-order chi connectivity index (χ1) is 57.8. The smallest absolute Gasteiger partial charge is 0.254 e. The van der Waals surface area contributed by atoms with Gasteiger partial charge in [0.25, 0.3) is 11.8 Å². The molecule has 15 rings (SSSR count). The zero-order chi connectivity index (χ0) is 85.2. The van der Waals surface area contributed by atoms with Crippen LogP contribution < -0.4 is 27.4 Å². The topological polar surface area (TPSA) is 258 Å². The van der Waals surface area contributed by atoms with Gasteiger partial charge in [-0.25, -0.2) is 0 Å². The molecule has 15 heteroatoms. The number of aliphatic hydroxyl groups excluding tert-OH is 1. The van der Waals surface area contributed by atoms with E-state index in [1.54, 1.807) is 49.6 Å². The number of carbonyl (C=O) groups excluding carboxylic acids is 5. The maximum Gasteiger partial charge on any atom is 0.254 e. The van der Waals surface area contributed by atoms with E-state index in [9.17, 15) is 29.1 Å². The zero-order valence-corrected chi connectivity index (χ0v) is 68.6. The highest BCUT2D eigenvalue weighted by molar-refractivity contribution is 6.07. The fourth-order valence-electron chi connectivity index (χ4n) is 12.2. The van der Waals surface area contributed by atoms with Crippen molar-refractivity contribution < 1.29 is 33.8 Å². The van der Waals surface area contributed by atoms with Crippen LogP contribution in [0.5, 0.6) is 0 Å². The Morgan fingerprint density at radius 2 is 0.967 bits per heavy atom. The molecule has 10 N–H and O–H groups in total. The molecule has 0 fully saturated rings. The Bertz CT molecular complexity index is 5370. The monoisotopic (exact) mass is 1630 g/mol. The number of ether oxygens (including phenoxy) is 1. The fourth-order valence-corrected chi connectivity index (χ4v) is 12.2. The molecule has 15 nitrogen and oxygen atoms in total. The lowest BCUT2D eigenvalue weighted by molar-refractivity contribution is -0.119. The second-order valence-electron chi connectivity index (χ2n) is 28.1. The van der Waals surface area contributed by atoms with Crippen molar-refractivity contribution in [2.24, 2.45) is 17.6 Å². The van der Waals surface area contributed by atoms with Gasteiger partial charge in [-0.2, -0.15) is 5.26 Å². The van der Waals surface area contributed by atoms with E-state index in [4.69, 9.17) is 21.5 Å². The highest BCUT2D eigenvalue weighted by Gasteiger charge is 2.24. The van der Waals surface area contributed by atoms with Crippen molar-refractivity contribution in [2.45, 2.75) is 101 Å². The summed E-state index contributed by atoms with van der Waals surface area (Å²) >= 11 is 0. The summed E-state index contributed by atoms with van der Waals surface area (Å²) in [5.41, 5.74) is 24.3. The number of hydrogen-bond donors (Lipinski definition) is 8. The minimum absolute atomic E-state index is 0. The number of para-hydroxylation sites is 4. The van der Waals surface area contributed by atoms with Crippen LogP contribution in [-0.2, 0) is 9.53 Å². The number of methoxy groups -OCH3 is 1. The van der Waals surface area contributed by atoms with Gasteiger partial charge < -0.3 is 47.2 Å². The van der Waals surface area contributed by atoms with Crippen LogP contribution in [0.15, 0.2) is 376 Å². The van der Waals surface area contributed by atoms with E-state index in [1.807, 2.05) is 316 Å². The summed E-state index contributed by atoms with van der Waals surface area (Å²) in [4.78, 5) is 64.6. The summed E-state index contributed by atoms with van der Waals surface area (Å²) < 4.78 is 4.80. The number of fused-ring (bicyclic) bond motifs is 3. The van der Waals surface area contributed by atoms with Gasteiger partial charge in [0.15, 0.2) is 11.6 Å². The zero-order valence-electron chi connectivity index (χ0n) is 68.6. The van der Waals surface area contributed by atoms with Crippen molar-refractivity contribution in [2.75, 3.05) is 24.8 Å². The van der Waals surface area contributed by atoms with Crippen LogP contribution in [0.1, 0.15) is 175 Å². The summed E-state index contributed by atoms with van der Waals surface area (Å²) in [6, 6.07) is 113. The van der Waals surface area contributed by atoms with E-state index < -0.39 is 12.0 Å². The van der Waals surface area contributed by atoms with Crippen molar-refractivity contribution in [3.05, 3.63) is 438 Å². The Morgan fingerprint density at radius 3 is 1.47 bits per heavy atom. The number of hydrogen-bond acceptors (Lipinski definition) is 10. The molecule has 14 aromatic rings. The lowest BCUT2D eigenvalue weighted by Crippen LogP contribution is -2.45. The molecule has 0 radical (unpaired) electrons. The summed E-state index contributed by atoms with van der Waals surface area (Å²) in [5.74, 6) is 0.969. The number of Topliss-reactive ketones (excluding diaryl/α,β-unsaturated/α-hetero) is 1. The number of aromatic amines is 2. The van der Waals surface area contributed by atoms with E-state index in [0.29, 0.717) is 29.5 Å². The van der Waals surface area contributed by atoms with Crippen molar-refractivity contribution in [3.8, 4) is 6.07 Å². The Balaban J connectivity index is 0.000000298. The first-order valence-corrected chi connectivity index (χ1v) is 39.5. The van der Waals surface area contributed by atoms with Crippen LogP contribution in [0.25, 0.3) is 40.0 Å². The third-order valence-corrected chi connectivity index (χ3v) is 17.9. The Labute approximate surface area is 723 Å². The van der Waals surface area contributed by atoms with E-state index in [2.05, 4.69) is 96.1 Å². The first-order valence-electron chi connectivity index (χ1n) is 39.5. The average molecular weight is 1630 g/mol. The van der Waals surface area contributed by atoms with Gasteiger partial charge in [-0.15, -0.1) is 0 Å². The molecule has 0 aliphatic carbocycles. The molecule has 630 valence electrons. The highest BCUT2D eigenvalue weighted by atomic mass is 16.5. The molecule has 3 amide bonds. The molecule has 0 saturated carbocycles. The molecule has 0 bridgehead atoms. The van der Waals surface area contributed by atoms with Gasteiger partial charge in [0, 0.05) is 91.2 Å². The van der Waals surface area contributed by atoms with E-state index in [0.717, 1.165) is 74.3 Å². The van der Waals surface area contributed by atoms with Crippen LogP contribution in [0.2, 0.25) is 0 Å². The van der Waals surface area contributed by atoms with Crippen LogP contribution in [0.4, 0.5) is 11.4 Å². The average Bonchev–Trinajstić information content (AvgIpc) is 1.63. The largest absolute Gasteiger partial charge is 0.398 e. The number of aromatic nitrogens is 2. The maximum atomic E-state index is 12.8. The number of H-pyrrole nitrogens is 2. The molecule has 1 aliphatic heterocycles. The summed E-state index contributed by atoms with van der Waals surface area (Å²) in [5, 5.41) is 28.9. The lowest BCUT2D eigenvalue weighted by atomic mass is 9.85. The van der Waals surface area contributed by atoms with Gasteiger partial charge in [0.2, 0.25) is 5.91 Å². The number of nitrogens with two attached hydrogens (primary N) is 2. The van der Waals surface area contributed by atoms with E-state index in [1.165, 1.54) is 35.7 Å². The number of nitrogens with zero attached hydrogens (tertiary/aromatic N) is 1. The molecule has 0 saturated heterocycles. The number of amides is 3. The molecular formula is C107H120N8O7. The van der Waals surface area contributed by atoms with Crippen molar-refractivity contribution in [3.63, 3.8) is 0 Å². The predicted octanol–water partition coefficient (Wildman–Crippen LogP) is 24.6. The number of nitrogens with one attached hydrogen (secondary N) is 5. The Morgan fingerprint density at radius 1 is 0.516 bits per heavy atom. The van der Waals surface area contributed by atoms with Crippen molar-refractivity contribution in [1.82, 2.24) is 20.6 Å². The normalized spacial score (nSPS) is 11.9. The number of nitriles is 1. The minimum Gasteiger partial charge on any atom is -0.398 e. The number of ketones is 2. The van der Waals surface area contributed by atoms with Crippen LogP contribution in [0.3, 0.4) is 0 Å². The van der Waals surface area contributed by atoms with Gasteiger partial charge in [0.1, 0.15) is 0 Å². The second-order valence-corrected chi connectivity index (χ2v) is 28.1. The third-order valence-electron chi connectivity index (χ3n) is 17.9. The Kier molecular flexibility index (Phi) is 46.7. The fraction of sp³-hybridized carbons (Fsp3) is 0.178. The summed E-state index contributed by atoms with van der Waals surface area (Å²) in [6.45, 7) is 12.4. The van der Waals surface area contributed by atoms with Gasteiger partial charge in [-0.1, -0.05) is 384 Å². The number of allylic oxidation sites excluding steroid dienone is 1. The number of nitrogen functional groups attached to an aromatic ring is 1. The number of primary amides is 1. The second kappa shape index (κ2) is 56.9. The van der Waals surface area contributed by atoms with Gasteiger partial charge in [-0.05, 0) is 111 Å². The van der Waals surface area contributed by atoms with Crippen LogP contribution in [0, 0.1) is 23.2 Å². The first kappa shape index (κ1) is 100. The van der Waals surface area contributed by atoms with E-state index >= 15 is 0 Å². The van der Waals surface area contributed by atoms with Gasteiger partial charge in [0.05, 0.1) is 35.5 Å². The molecule has 2 aromatic heterocycles. The van der Waals surface area contributed by atoms with Crippen LogP contribution in [-0.4, -0.2) is 64.2 Å². The molecule has 12 aromatic carbocycles. The number of benzene rings is 12. The van der Waals surface area contributed by atoms with Gasteiger partial charge in [-0.3, -0.25) is 24.0 Å². The molecule has 122 heavy (non-hydrogen) atoms. The summed E-state index contributed by atoms with van der Waals surface area (Å²) in [6.07, 6.45) is 16.1. The molecule has 4 atom stereocenters.